The van der Waals surface area contributed by atoms with E-state index in [-0.39, 0.29) is 30.3 Å². The Morgan fingerprint density at radius 2 is 1.88 bits per heavy atom. The third-order valence-electron chi connectivity index (χ3n) is 4.82. The van der Waals surface area contributed by atoms with Gasteiger partial charge in [0, 0.05) is 22.6 Å². The standard InChI is InChI=1S/C15H18N4O5/c1-10(2)6-17-8-14(18(21)22)7-15(9-17,19(23)24)13(20)12-11(14)4-3-5-16-12/h3-5,10H,6-9H2,1-2H3. The molecular formula is C15H18N4O5. The van der Waals surface area contributed by atoms with Crippen molar-refractivity contribution in [1.82, 2.24) is 9.88 Å². The number of carbonyl (C=O) groups excluding carboxylic acids is 1. The second-order valence-electron chi connectivity index (χ2n) is 7.05. The smallest absolute Gasteiger partial charge is 0.289 e. The summed E-state index contributed by atoms with van der Waals surface area (Å²) in [6, 6.07) is 3.02. The first-order valence-corrected chi connectivity index (χ1v) is 7.74. The van der Waals surface area contributed by atoms with Crippen LogP contribution < -0.4 is 0 Å². The summed E-state index contributed by atoms with van der Waals surface area (Å²) in [7, 11) is 0. The van der Waals surface area contributed by atoms with Crippen molar-refractivity contribution in [3.8, 4) is 0 Å². The SMILES string of the molecule is CC(C)CN1CC2([N+](=O)[O-])CC([N+](=O)[O-])(C1)c1cccnc1C2=O. The summed E-state index contributed by atoms with van der Waals surface area (Å²) in [6.07, 6.45) is 0.914. The highest BCUT2D eigenvalue weighted by molar-refractivity contribution is 6.04. The molecule has 0 N–H and O–H groups in total. The molecule has 0 radical (unpaired) electrons. The summed E-state index contributed by atoms with van der Waals surface area (Å²) in [5.41, 5.74) is -3.65. The minimum atomic E-state index is -2.01. The molecule has 0 saturated carbocycles. The Labute approximate surface area is 138 Å². The van der Waals surface area contributed by atoms with E-state index < -0.39 is 33.1 Å². The molecule has 1 aromatic heterocycles. The van der Waals surface area contributed by atoms with E-state index in [2.05, 4.69) is 4.98 Å². The van der Waals surface area contributed by atoms with E-state index in [1.807, 2.05) is 13.8 Å². The minimum Gasteiger partial charge on any atom is -0.289 e. The van der Waals surface area contributed by atoms with Gasteiger partial charge >= 0.3 is 5.54 Å². The number of rotatable bonds is 4. The van der Waals surface area contributed by atoms with Crippen molar-refractivity contribution in [2.24, 2.45) is 5.92 Å². The van der Waals surface area contributed by atoms with Crippen molar-refractivity contribution in [3.63, 3.8) is 0 Å². The normalized spacial score (nSPS) is 29.4. The quantitative estimate of drug-likeness (QED) is 0.598. The summed E-state index contributed by atoms with van der Waals surface area (Å²) in [5.74, 6) is -0.561. The number of aromatic nitrogens is 1. The van der Waals surface area contributed by atoms with Gasteiger partial charge in [0.1, 0.15) is 12.1 Å². The van der Waals surface area contributed by atoms with Gasteiger partial charge in [-0.15, -0.1) is 0 Å². The molecule has 1 fully saturated rings. The number of likely N-dealkylation sites (tertiary alicyclic amines) is 1. The fourth-order valence-electron chi connectivity index (χ4n) is 3.98. The summed E-state index contributed by atoms with van der Waals surface area (Å²) < 4.78 is 0. The lowest BCUT2D eigenvalue weighted by Crippen LogP contribution is -2.70. The molecule has 1 aliphatic carbocycles. The molecule has 0 aromatic carbocycles. The summed E-state index contributed by atoms with van der Waals surface area (Å²) >= 11 is 0. The second-order valence-corrected chi connectivity index (χ2v) is 7.05. The van der Waals surface area contributed by atoms with Crippen LogP contribution in [0, 0.1) is 26.1 Å². The number of nitrogens with zero attached hydrogens (tertiary/aromatic N) is 4. The van der Waals surface area contributed by atoms with Crippen LogP contribution in [0.3, 0.4) is 0 Å². The van der Waals surface area contributed by atoms with E-state index >= 15 is 0 Å². The first-order valence-electron chi connectivity index (χ1n) is 7.74. The van der Waals surface area contributed by atoms with Crippen LogP contribution in [0.15, 0.2) is 18.3 Å². The Morgan fingerprint density at radius 3 is 2.46 bits per heavy atom. The van der Waals surface area contributed by atoms with Crippen molar-refractivity contribution in [1.29, 1.82) is 0 Å². The molecular weight excluding hydrogens is 316 g/mol. The molecule has 9 heteroatoms. The molecule has 24 heavy (non-hydrogen) atoms. The maximum absolute atomic E-state index is 12.8. The number of pyridine rings is 1. The fourth-order valence-corrected chi connectivity index (χ4v) is 3.98. The zero-order valence-electron chi connectivity index (χ0n) is 13.5. The minimum absolute atomic E-state index is 0.0414. The number of ketones is 1. The molecule has 2 heterocycles. The number of nitro groups is 2. The fraction of sp³-hybridized carbons (Fsp3) is 0.600. The summed E-state index contributed by atoms with van der Waals surface area (Å²) in [4.78, 5) is 41.1. The number of hydrogen-bond acceptors (Lipinski definition) is 7. The van der Waals surface area contributed by atoms with Crippen LogP contribution in [-0.2, 0) is 5.54 Å². The molecule has 0 spiro atoms. The van der Waals surface area contributed by atoms with Crippen LogP contribution in [0.4, 0.5) is 0 Å². The molecule has 2 unspecified atom stereocenters. The van der Waals surface area contributed by atoms with Crippen LogP contribution in [0.25, 0.3) is 0 Å². The Kier molecular flexibility index (Phi) is 3.63. The van der Waals surface area contributed by atoms with Gasteiger partial charge in [0.25, 0.3) is 11.3 Å². The van der Waals surface area contributed by atoms with Gasteiger partial charge in [-0.25, -0.2) is 0 Å². The zero-order chi connectivity index (χ0) is 17.7. The molecule has 128 valence electrons. The molecule has 1 aliphatic heterocycles. The van der Waals surface area contributed by atoms with E-state index in [1.54, 1.807) is 4.90 Å². The Morgan fingerprint density at radius 1 is 1.25 bits per heavy atom. The third kappa shape index (κ3) is 2.11. The second kappa shape index (κ2) is 5.30. The van der Waals surface area contributed by atoms with Gasteiger partial charge in [-0.3, -0.25) is 34.9 Å². The lowest BCUT2D eigenvalue weighted by Gasteiger charge is -2.45. The molecule has 1 aromatic rings. The predicted octanol–water partition coefficient (Wildman–Crippen LogP) is 1.13. The van der Waals surface area contributed by atoms with Crippen LogP contribution >= 0.6 is 0 Å². The highest BCUT2D eigenvalue weighted by atomic mass is 16.6. The Balaban J connectivity index is 2.24. The van der Waals surface area contributed by atoms with Gasteiger partial charge in [0.15, 0.2) is 0 Å². The largest absolute Gasteiger partial charge is 0.304 e. The maximum Gasteiger partial charge on any atom is 0.304 e. The Hall–Kier alpha value is -2.42. The van der Waals surface area contributed by atoms with Gasteiger partial charge in [0.05, 0.1) is 18.7 Å². The van der Waals surface area contributed by atoms with E-state index in [0.717, 1.165) is 0 Å². The molecule has 9 nitrogen and oxygen atoms in total. The molecule has 2 atom stereocenters. The number of Topliss-reactive ketones (excluding diaryl/α,β-unsaturated/α-hetero) is 1. The monoisotopic (exact) mass is 334 g/mol. The highest BCUT2D eigenvalue weighted by Crippen LogP contribution is 2.47. The maximum atomic E-state index is 12.8. The number of carbonyl (C=O) groups is 1. The molecule has 0 amide bonds. The van der Waals surface area contributed by atoms with Gasteiger partial charge in [-0.05, 0) is 18.1 Å². The highest BCUT2D eigenvalue weighted by Gasteiger charge is 2.71. The average molecular weight is 334 g/mol. The number of fused-ring (bicyclic) bond motifs is 4. The van der Waals surface area contributed by atoms with Crippen molar-refractivity contribution in [2.45, 2.75) is 31.3 Å². The first kappa shape index (κ1) is 16.4. The van der Waals surface area contributed by atoms with E-state index in [9.17, 15) is 25.0 Å². The lowest BCUT2D eigenvalue weighted by molar-refractivity contribution is -0.623. The topological polar surface area (TPSA) is 119 Å². The first-order chi connectivity index (χ1) is 11.2. The summed E-state index contributed by atoms with van der Waals surface area (Å²) in [5, 5.41) is 23.8. The van der Waals surface area contributed by atoms with Crippen LogP contribution in [0.1, 0.15) is 36.3 Å². The van der Waals surface area contributed by atoms with Gasteiger partial charge in [0.2, 0.25) is 0 Å². The van der Waals surface area contributed by atoms with Crippen molar-refractivity contribution in [2.75, 3.05) is 19.6 Å². The number of piperidine rings is 1. The van der Waals surface area contributed by atoms with Crippen LogP contribution in [0.5, 0.6) is 0 Å². The van der Waals surface area contributed by atoms with Crippen molar-refractivity contribution < 1.29 is 14.6 Å². The zero-order valence-corrected chi connectivity index (χ0v) is 13.5. The van der Waals surface area contributed by atoms with Gasteiger partial charge < -0.3 is 0 Å². The number of hydrogen-bond donors (Lipinski definition) is 0. The molecule has 3 rings (SSSR count). The lowest BCUT2D eigenvalue weighted by atomic mass is 9.66. The Bertz CT molecular complexity index is 736. The van der Waals surface area contributed by atoms with E-state index in [1.165, 1.54) is 18.3 Å². The van der Waals surface area contributed by atoms with E-state index in [4.69, 9.17) is 0 Å². The molecule has 1 saturated heterocycles. The predicted molar refractivity (Wildman–Crippen MR) is 82.9 cm³/mol. The van der Waals surface area contributed by atoms with Crippen LogP contribution in [-0.4, -0.2) is 50.7 Å². The third-order valence-corrected chi connectivity index (χ3v) is 4.82. The van der Waals surface area contributed by atoms with Gasteiger partial charge in [-0.2, -0.15) is 0 Å². The van der Waals surface area contributed by atoms with Crippen molar-refractivity contribution >= 4 is 5.78 Å². The van der Waals surface area contributed by atoms with Crippen molar-refractivity contribution in [3.05, 3.63) is 49.8 Å². The molecule has 2 aliphatic rings. The van der Waals surface area contributed by atoms with E-state index in [0.29, 0.717) is 6.54 Å². The average Bonchev–Trinajstić information content (AvgIpc) is 2.51. The van der Waals surface area contributed by atoms with Gasteiger partial charge in [-0.1, -0.05) is 13.8 Å². The van der Waals surface area contributed by atoms with Crippen LogP contribution in [0.2, 0.25) is 0 Å². The molecule has 2 bridgehead atoms. The summed E-state index contributed by atoms with van der Waals surface area (Å²) in [6.45, 7) is 4.23.